The molecule has 4 heteroatoms. The predicted octanol–water partition coefficient (Wildman–Crippen LogP) is 4.24. The maximum atomic E-state index is 12.5. The van der Waals surface area contributed by atoms with Crippen molar-refractivity contribution in [1.82, 2.24) is 0 Å². The quantitative estimate of drug-likeness (QED) is 0.827. The van der Waals surface area contributed by atoms with E-state index in [4.69, 9.17) is 0 Å². The summed E-state index contributed by atoms with van der Waals surface area (Å²) in [4.78, 5) is 16.8. The van der Waals surface area contributed by atoms with E-state index in [0.717, 1.165) is 36.6 Å². The molecule has 1 amide bonds. The first-order valence-corrected chi connectivity index (χ1v) is 8.49. The van der Waals surface area contributed by atoms with Crippen LogP contribution in [0.1, 0.15) is 30.6 Å². The second-order valence-corrected chi connectivity index (χ2v) is 5.99. The zero-order valence-corrected chi connectivity index (χ0v) is 15.0. The summed E-state index contributed by atoms with van der Waals surface area (Å²) in [6.45, 7) is 6.31. The van der Waals surface area contributed by atoms with Crippen LogP contribution < -0.4 is 15.1 Å². The molecule has 2 aromatic rings. The van der Waals surface area contributed by atoms with Gasteiger partial charge in [0, 0.05) is 38.4 Å². The Morgan fingerprint density at radius 3 is 2.25 bits per heavy atom. The third-order valence-electron chi connectivity index (χ3n) is 4.00. The number of nitrogens with one attached hydrogen (secondary N) is 1. The molecule has 4 nitrogen and oxygen atoms in total. The lowest BCUT2D eigenvalue weighted by Crippen LogP contribution is -2.23. The minimum atomic E-state index is -0.0885. The third-order valence-corrected chi connectivity index (χ3v) is 4.00. The second-order valence-electron chi connectivity index (χ2n) is 5.99. The van der Waals surface area contributed by atoms with Gasteiger partial charge in [0.05, 0.1) is 11.4 Å². The summed E-state index contributed by atoms with van der Waals surface area (Å²) in [6, 6.07) is 15.6. The Hall–Kier alpha value is -2.49. The van der Waals surface area contributed by atoms with Gasteiger partial charge < -0.3 is 15.1 Å². The minimum absolute atomic E-state index is 0.0885. The number of para-hydroxylation sites is 2. The second kappa shape index (κ2) is 8.39. The van der Waals surface area contributed by atoms with E-state index in [1.54, 1.807) is 0 Å². The van der Waals surface area contributed by atoms with Gasteiger partial charge in [0.25, 0.3) is 5.91 Å². The van der Waals surface area contributed by atoms with Gasteiger partial charge in [-0.1, -0.05) is 19.1 Å². The number of nitrogens with zero attached hydrogens (tertiary/aromatic N) is 2. The number of rotatable bonds is 7. The van der Waals surface area contributed by atoms with E-state index in [1.807, 2.05) is 67.5 Å². The minimum Gasteiger partial charge on any atom is -0.376 e. The summed E-state index contributed by atoms with van der Waals surface area (Å²) in [5.41, 5.74) is 3.63. The van der Waals surface area contributed by atoms with Crippen molar-refractivity contribution >= 4 is 23.0 Å². The lowest BCUT2D eigenvalue weighted by atomic mass is 10.1. The van der Waals surface area contributed by atoms with Crippen LogP contribution in [0.3, 0.4) is 0 Å². The zero-order valence-electron chi connectivity index (χ0n) is 15.0. The predicted molar refractivity (Wildman–Crippen MR) is 103 cm³/mol. The first kappa shape index (κ1) is 17.9. The van der Waals surface area contributed by atoms with Crippen molar-refractivity contribution in [3.05, 3.63) is 54.1 Å². The molecule has 0 aliphatic heterocycles. The number of carbonyl (C=O) groups excluding carboxylic acids is 1. The lowest BCUT2D eigenvalue weighted by molar-refractivity contribution is 0.102. The van der Waals surface area contributed by atoms with Crippen LogP contribution in [-0.4, -0.2) is 33.1 Å². The van der Waals surface area contributed by atoms with Gasteiger partial charge in [-0.2, -0.15) is 0 Å². The third kappa shape index (κ3) is 4.28. The summed E-state index contributed by atoms with van der Waals surface area (Å²) < 4.78 is 0. The smallest absolute Gasteiger partial charge is 0.255 e. The Morgan fingerprint density at radius 2 is 1.67 bits per heavy atom. The highest BCUT2D eigenvalue weighted by atomic mass is 16.1. The van der Waals surface area contributed by atoms with E-state index in [-0.39, 0.29) is 5.91 Å². The fourth-order valence-electron chi connectivity index (χ4n) is 2.73. The van der Waals surface area contributed by atoms with Crippen LogP contribution in [0.25, 0.3) is 0 Å². The molecule has 0 heterocycles. The highest BCUT2D eigenvalue weighted by Gasteiger charge is 2.11. The molecule has 0 fully saturated rings. The number of anilines is 3. The molecule has 128 valence electrons. The van der Waals surface area contributed by atoms with Crippen molar-refractivity contribution in [2.24, 2.45) is 0 Å². The molecular weight excluding hydrogens is 298 g/mol. The van der Waals surface area contributed by atoms with E-state index < -0.39 is 0 Å². The van der Waals surface area contributed by atoms with Crippen LogP contribution in [0.4, 0.5) is 17.1 Å². The first-order chi connectivity index (χ1) is 11.6. The van der Waals surface area contributed by atoms with Gasteiger partial charge in [0.1, 0.15) is 0 Å². The highest BCUT2D eigenvalue weighted by Crippen LogP contribution is 2.24. The fraction of sp³-hybridized carbons (Fsp3) is 0.350. The van der Waals surface area contributed by atoms with Crippen molar-refractivity contribution in [2.75, 3.05) is 42.3 Å². The van der Waals surface area contributed by atoms with Gasteiger partial charge in [-0.05, 0) is 49.7 Å². The highest BCUT2D eigenvalue weighted by molar-refractivity contribution is 6.06. The Balaban J connectivity index is 2.13. The number of amides is 1. The molecular formula is C20H27N3O. The van der Waals surface area contributed by atoms with Crippen molar-refractivity contribution in [3.63, 3.8) is 0 Å². The summed E-state index contributed by atoms with van der Waals surface area (Å²) in [5, 5.41) is 3.00. The number of benzene rings is 2. The standard InChI is InChI=1S/C20H27N3O/c1-5-15-23(6-2)17-13-11-16(12-14-17)20(24)21-18-9-7-8-10-19(18)22(3)4/h7-14H,5-6,15H2,1-4H3,(H,21,24). The lowest BCUT2D eigenvalue weighted by Gasteiger charge is -2.22. The number of hydrogen-bond acceptors (Lipinski definition) is 3. The molecule has 0 saturated carbocycles. The van der Waals surface area contributed by atoms with Crippen LogP contribution in [0.5, 0.6) is 0 Å². The Kier molecular flexibility index (Phi) is 6.24. The molecule has 0 spiro atoms. The Labute approximate surface area is 145 Å². The van der Waals surface area contributed by atoms with Gasteiger partial charge in [0.15, 0.2) is 0 Å². The molecule has 1 N–H and O–H groups in total. The average molecular weight is 325 g/mol. The molecule has 0 aliphatic rings. The van der Waals surface area contributed by atoms with Crippen LogP contribution >= 0.6 is 0 Å². The first-order valence-electron chi connectivity index (χ1n) is 8.49. The van der Waals surface area contributed by atoms with Crippen LogP contribution in [0.15, 0.2) is 48.5 Å². The van der Waals surface area contributed by atoms with Crippen LogP contribution in [0.2, 0.25) is 0 Å². The summed E-state index contributed by atoms with van der Waals surface area (Å²) in [7, 11) is 3.93. The molecule has 2 aromatic carbocycles. The van der Waals surface area contributed by atoms with E-state index in [9.17, 15) is 4.79 Å². The molecule has 0 atom stereocenters. The van der Waals surface area contributed by atoms with Crippen molar-refractivity contribution < 1.29 is 4.79 Å². The summed E-state index contributed by atoms with van der Waals surface area (Å²) in [5.74, 6) is -0.0885. The van der Waals surface area contributed by atoms with Gasteiger partial charge >= 0.3 is 0 Å². The largest absolute Gasteiger partial charge is 0.376 e. The normalized spacial score (nSPS) is 10.3. The van der Waals surface area contributed by atoms with Crippen molar-refractivity contribution in [2.45, 2.75) is 20.3 Å². The van der Waals surface area contributed by atoms with Gasteiger partial charge in [0.2, 0.25) is 0 Å². The summed E-state index contributed by atoms with van der Waals surface area (Å²) in [6.07, 6.45) is 1.11. The van der Waals surface area contributed by atoms with Crippen LogP contribution in [-0.2, 0) is 0 Å². The van der Waals surface area contributed by atoms with Gasteiger partial charge in [-0.3, -0.25) is 4.79 Å². The van der Waals surface area contributed by atoms with Gasteiger partial charge in [-0.15, -0.1) is 0 Å². The monoisotopic (exact) mass is 325 g/mol. The molecule has 0 aromatic heterocycles. The number of hydrogen-bond donors (Lipinski definition) is 1. The topological polar surface area (TPSA) is 35.6 Å². The maximum absolute atomic E-state index is 12.5. The molecule has 0 aliphatic carbocycles. The molecule has 2 rings (SSSR count). The van der Waals surface area contributed by atoms with Crippen molar-refractivity contribution in [1.29, 1.82) is 0 Å². The summed E-state index contributed by atoms with van der Waals surface area (Å²) >= 11 is 0. The van der Waals surface area contributed by atoms with E-state index in [1.165, 1.54) is 0 Å². The van der Waals surface area contributed by atoms with E-state index >= 15 is 0 Å². The molecule has 0 radical (unpaired) electrons. The maximum Gasteiger partial charge on any atom is 0.255 e. The molecule has 0 bridgehead atoms. The molecule has 0 unspecified atom stereocenters. The fourth-order valence-corrected chi connectivity index (χ4v) is 2.73. The zero-order chi connectivity index (χ0) is 17.5. The van der Waals surface area contributed by atoms with E-state index in [0.29, 0.717) is 5.56 Å². The van der Waals surface area contributed by atoms with Crippen molar-refractivity contribution in [3.8, 4) is 0 Å². The molecule has 24 heavy (non-hydrogen) atoms. The number of carbonyl (C=O) groups is 1. The van der Waals surface area contributed by atoms with E-state index in [2.05, 4.69) is 24.1 Å². The molecule has 0 saturated heterocycles. The van der Waals surface area contributed by atoms with Crippen LogP contribution in [0, 0.1) is 0 Å². The SMILES string of the molecule is CCCN(CC)c1ccc(C(=O)Nc2ccccc2N(C)C)cc1. The average Bonchev–Trinajstić information content (AvgIpc) is 2.60. The Bertz CT molecular complexity index is 665. The Morgan fingerprint density at radius 1 is 1.00 bits per heavy atom. The van der Waals surface area contributed by atoms with Gasteiger partial charge in [-0.25, -0.2) is 0 Å².